The summed E-state index contributed by atoms with van der Waals surface area (Å²) in [7, 11) is 0. The van der Waals surface area contributed by atoms with Gasteiger partial charge in [-0.3, -0.25) is 4.79 Å². The largest absolute Gasteiger partial charge is 0.287 e. The summed E-state index contributed by atoms with van der Waals surface area (Å²) in [5.41, 5.74) is -0.930. The SMILES string of the molecule is O=C(c1ccc(C(F)F)nn1)c1cccc(Br)c1F. The summed E-state index contributed by atoms with van der Waals surface area (Å²) in [6.45, 7) is 0. The average Bonchev–Trinajstić information content (AvgIpc) is 2.41. The first-order chi connectivity index (χ1) is 9.00. The van der Waals surface area contributed by atoms with Gasteiger partial charge in [0.15, 0.2) is 0 Å². The van der Waals surface area contributed by atoms with E-state index in [9.17, 15) is 18.0 Å². The Bertz CT molecular complexity index is 617. The van der Waals surface area contributed by atoms with E-state index in [1.165, 1.54) is 18.2 Å². The van der Waals surface area contributed by atoms with Crippen molar-refractivity contribution in [3.63, 3.8) is 0 Å². The van der Waals surface area contributed by atoms with Gasteiger partial charge in [0, 0.05) is 0 Å². The predicted octanol–water partition coefficient (Wildman–Crippen LogP) is 3.55. The van der Waals surface area contributed by atoms with Crippen LogP contribution in [0.2, 0.25) is 0 Å². The van der Waals surface area contributed by atoms with Crippen molar-refractivity contribution in [2.45, 2.75) is 6.43 Å². The van der Waals surface area contributed by atoms with E-state index in [2.05, 4.69) is 26.1 Å². The lowest BCUT2D eigenvalue weighted by Gasteiger charge is -2.03. The van der Waals surface area contributed by atoms with E-state index in [-0.39, 0.29) is 15.7 Å². The Morgan fingerprint density at radius 3 is 2.47 bits per heavy atom. The smallest absolute Gasteiger partial charge is 0.282 e. The molecule has 1 aromatic heterocycles. The predicted molar refractivity (Wildman–Crippen MR) is 64.5 cm³/mol. The van der Waals surface area contributed by atoms with Crippen LogP contribution in [0.25, 0.3) is 0 Å². The molecule has 2 aromatic rings. The molecule has 0 aliphatic heterocycles. The third-order valence-electron chi connectivity index (χ3n) is 2.34. The molecule has 19 heavy (non-hydrogen) atoms. The first-order valence-electron chi connectivity index (χ1n) is 5.11. The van der Waals surface area contributed by atoms with Crippen molar-refractivity contribution in [2.24, 2.45) is 0 Å². The molecular weight excluding hydrogens is 325 g/mol. The van der Waals surface area contributed by atoms with Crippen LogP contribution in [0.5, 0.6) is 0 Å². The van der Waals surface area contributed by atoms with Crippen molar-refractivity contribution in [1.82, 2.24) is 10.2 Å². The van der Waals surface area contributed by atoms with Crippen LogP contribution in [0.1, 0.15) is 28.2 Å². The molecule has 0 radical (unpaired) electrons. The Kier molecular flexibility index (Phi) is 3.94. The quantitative estimate of drug-likeness (QED) is 0.808. The summed E-state index contributed by atoms with van der Waals surface area (Å²) in [4.78, 5) is 11.9. The minimum Gasteiger partial charge on any atom is -0.287 e. The van der Waals surface area contributed by atoms with Crippen LogP contribution in [-0.4, -0.2) is 16.0 Å². The zero-order valence-corrected chi connectivity index (χ0v) is 10.9. The minimum absolute atomic E-state index is 0.135. The molecule has 0 aliphatic carbocycles. The second-order valence-electron chi connectivity index (χ2n) is 3.57. The van der Waals surface area contributed by atoms with Gasteiger partial charge in [-0.15, -0.1) is 10.2 Å². The number of aromatic nitrogens is 2. The van der Waals surface area contributed by atoms with E-state index < -0.39 is 23.7 Å². The van der Waals surface area contributed by atoms with Crippen LogP contribution in [-0.2, 0) is 0 Å². The third-order valence-corrected chi connectivity index (χ3v) is 2.95. The summed E-state index contributed by atoms with van der Waals surface area (Å²) in [6, 6.07) is 6.29. The molecule has 1 aromatic carbocycles. The molecule has 7 heteroatoms. The Balaban J connectivity index is 2.36. The van der Waals surface area contributed by atoms with E-state index in [0.717, 1.165) is 12.1 Å². The number of halogens is 4. The van der Waals surface area contributed by atoms with Crippen LogP contribution >= 0.6 is 15.9 Å². The lowest BCUT2D eigenvalue weighted by Crippen LogP contribution is -2.09. The summed E-state index contributed by atoms with van der Waals surface area (Å²) in [6.07, 6.45) is -2.76. The van der Waals surface area contributed by atoms with E-state index in [0.29, 0.717) is 0 Å². The van der Waals surface area contributed by atoms with Crippen LogP contribution in [0.4, 0.5) is 13.2 Å². The molecule has 0 saturated heterocycles. The number of hydrogen-bond donors (Lipinski definition) is 0. The van der Waals surface area contributed by atoms with Gasteiger partial charge in [0.25, 0.3) is 6.43 Å². The second-order valence-corrected chi connectivity index (χ2v) is 4.43. The van der Waals surface area contributed by atoms with Crippen molar-refractivity contribution in [2.75, 3.05) is 0 Å². The van der Waals surface area contributed by atoms with Gasteiger partial charge >= 0.3 is 0 Å². The molecule has 0 unspecified atom stereocenters. The van der Waals surface area contributed by atoms with Crippen molar-refractivity contribution in [3.05, 3.63) is 57.6 Å². The van der Waals surface area contributed by atoms with Crippen molar-refractivity contribution < 1.29 is 18.0 Å². The highest BCUT2D eigenvalue weighted by Crippen LogP contribution is 2.21. The van der Waals surface area contributed by atoms with Crippen LogP contribution < -0.4 is 0 Å². The monoisotopic (exact) mass is 330 g/mol. The molecule has 0 atom stereocenters. The van der Waals surface area contributed by atoms with Gasteiger partial charge in [-0.2, -0.15) is 0 Å². The highest BCUT2D eigenvalue weighted by Gasteiger charge is 2.18. The standard InChI is InChI=1S/C12H6BrF3N2O/c13-7-3-1-2-6(10(7)14)11(19)8-4-5-9(12(15)16)18-17-8/h1-5,12H. The maximum Gasteiger partial charge on any atom is 0.282 e. The van der Waals surface area contributed by atoms with Gasteiger partial charge in [0.2, 0.25) is 5.78 Å². The van der Waals surface area contributed by atoms with Crippen LogP contribution in [0.15, 0.2) is 34.8 Å². The minimum atomic E-state index is -2.76. The van der Waals surface area contributed by atoms with E-state index >= 15 is 0 Å². The van der Waals surface area contributed by atoms with Gasteiger partial charge in [-0.1, -0.05) is 6.07 Å². The molecule has 0 bridgehead atoms. The molecule has 0 N–H and O–H groups in total. The third kappa shape index (κ3) is 2.81. The highest BCUT2D eigenvalue weighted by atomic mass is 79.9. The molecule has 0 spiro atoms. The fourth-order valence-electron chi connectivity index (χ4n) is 1.40. The molecule has 0 fully saturated rings. The lowest BCUT2D eigenvalue weighted by molar-refractivity contribution is 0.102. The van der Waals surface area contributed by atoms with Crippen molar-refractivity contribution >= 4 is 21.7 Å². The van der Waals surface area contributed by atoms with E-state index in [4.69, 9.17) is 0 Å². The Labute approximate surface area is 114 Å². The topological polar surface area (TPSA) is 42.9 Å². The number of carbonyl (C=O) groups excluding carboxylic acids is 1. The fraction of sp³-hybridized carbons (Fsp3) is 0.0833. The van der Waals surface area contributed by atoms with Crippen molar-refractivity contribution in [3.8, 4) is 0 Å². The Morgan fingerprint density at radius 1 is 1.16 bits per heavy atom. The summed E-state index contributed by atoms with van der Waals surface area (Å²) < 4.78 is 38.4. The molecular formula is C12H6BrF3N2O. The highest BCUT2D eigenvalue weighted by molar-refractivity contribution is 9.10. The number of alkyl halides is 2. The van der Waals surface area contributed by atoms with Gasteiger partial charge < -0.3 is 0 Å². The Hall–Kier alpha value is -1.76. The molecule has 0 amide bonds. The lowest BCUT2D eigenvalue weighted by atomic mass is 10.1. The number of carbonyl (C=O) groups is 1. The Morgan fingerprint density at radius 2 is 1.89 bits per heavy atom. The van der Waals surface area contributed by atoms with Gasteiger partial charge in [-0.25, -0.2) is 13.2 Å². The fourth-order valence-corrected chi connectivity index (χ4v) is 1.76. The normalized spacial score (nSPS) is 10.8. The maximum atomic E-state index is 13.7. The van der Waals surface area contributed by atoms with E-state index in [1.807, 2.05) is 0 Å². The first kappa shape index (κ1) is 13.7. The number of nitrogens with zero attached hydrogens (tertiary/aromatic N) is 2. The van der Waals surface area contributed by atoms with Crippen LogP contribution in [0.3, 0.4) is 0 Å². The summed E-state index contributed by atoms with van der Waals surface area (Å²) in [5, 5.41) is 6.61. The summed E-state index contributed by atoms with van der Waals surface area (Å²) in [5.74, 6) is -1.45. The molecule has 2 rings (SSSR count). The number of hydrogen-bond acceptors (Lipinski definition) is 3. The molecule has 1 heterocycles. The maximum absolute atomic E-state index is 13.7. The second kappa shape index (κ2) is 5.48. The molecule has 98 valence electrons. The number of ketones is 1. The van der Waals surface area contributed by atoms with Gasteiger partial charge in [-0.05, 0) is 40.2 Å². The van der Waals surface area contributed by atoms with Crippen molar-refractivity contribution in [1.29, 1.82) is 0 Å². The average molecular weight is 331 g/mol. The first-order valence-corrected chi connectivity index (χ1v) is 5.90. The van der Waals surface area contributed by atoms with Gasteiger partial charge in [0.1, 0.15) is 17.2 Å². The molecule has 0 aliphatic rings. The van der Waals surface area contributed by atoms with Crippen LogP contribution in [0, 0.1) is 5.82 Å². The zero-order valence-electron chi connectivity index (χ0n) is 9.28. The number of rotatable bonds is 3. The van der Waals surface area contributed by atoms with Gasteiger partial charge in [0.05, 0.1) is 10.0 Å². The molecule has 3 nitrogen and oxygen atoms in total. The van der Waals surface area contributed by atoms with E-state index in [1.54, 1.807) is 0 Å². The summed E-state index contributed by atoms with van der Waals surface area (Å²) >= 11 is 2.96. The molecule has 0 saturated carbocycles. The zero-order chi connectivity index (χ0) is 14.0. The number of benzene rings is 1.